The number of rotatable bonds is 6. The highest BCUT2D eigenvalue weighted by molar-refractivity contribution is 7.80. The zero-order valence-electron chi connectivity index (χ0n) is 14.5. The van der Waals surface area contributed by atoms with Gasteiger partial charge in [-0.1, -0.05) is 41.1 Å². The fraction of sp³-hybridized carbons (Fsp3) is 0.125. The number of aromatic nitrogens is 1. The number of carbonyl (C=O) groups excluding carboxylic acids is 1. The van der Waals surface area contributed by atoms with Crippen LogP contribution in [0.25, 0.3) is 6.08 Å². The number of nitrogens with two attached hydrogens (primary N) is 1. The average molecular weight is 424 g/mol. The number of thiocarbonyl (C=S) groups is 1. The predicted molar refractivity (Wildman–Crippen MR) is 114 cm³/mol. The molecule has 1 heterocycles. The summed E-state index contributed by atoms with van der Waals surface area (Å²) in [5, 5.41) is 5.66. The van der Waals surface area contributed by atoms with E-state index in [1.54, 1.807) is 12.1 Å². The molecule has 0 aliphatic heterocycles. The lowest BCUT2D eigenvalue weighted by Crippen LogP contribution is -2.37. The van der Waals surface area contributed by atoms with Crippen LogP contribution in [0.3, 0.4) is 0 Å². The van der Waals surface area contributed by atoms with Crippen LogP contribution in [0, 0.1) is 6.92 Å². The third kappa shape index (κ3) is 6.61. The van der Waals surface area contributed by atoms with Crippen LogP contribution in [0.5, 0.6) is 0 Å². The molecule has 0 atom stereocenters. The number of halogens is 1. The highest BCUT2D eigenvalue weighted by atomic mass is 35.5. The second-order valence-electron chi connectivity index (χ2n) is 5.21. The molecule has 0 saturated carbocycles. The number of aryl methyl sites for hydroxylation is 1. The van der Waals surface area contributed by atoms with Crippen molar-refractivity contribution in [2.45, 2.75) is 13.8 Å². The van der Waals surface area contributed by atoms with Gasteiger partial charge >= 0.3 is 0 Å². The summed E-state index contributed by atoms with van der Waals surface area (Å²) in [6.45, 7) is 3.25. The van der Waals surface area contributed by atoms with E-state index < -0.39 is 0 Å². The van der Waals surface area contributed by atoms with Crippen molar-refractivity contribution in [2.75, 3.05) is 5.43 Å². The van der Waals surface area contributed by atoms with Gasteiger partial charge in [0.2, 0.25) is 16.2 Å². The number of hydrazine groups is 2. The van der Waals surface area contributed by atoms with Crippen LogP contribution >= 0.6 is 35.2 Å². The molecule has 1 aromatic carbocycles. The van der Waals surface area contributed by atoms with Gasteiger partial charge in [0.05, 0.1) is 10.6 Å². The van der Waals surface area contributed by atoms with Gasteiger partial charge in [0.25, 0.3) is 0 Å². The van der Waals surface area contributed by atoms with Crippen LogP contribution in [0.15, 0.2) is 35.4 Å². The summed E-state index contributed by atoms with van der Waals surface area (Å²) in [5.41, 5.74) is 12.5. The van der Waals surface area contributed by atoms with Crippen LogP contribution in [-0.2, 0) is 4.79 Å². The molecule has 0 bridgehead atoms. The first-order valence-corrected chi connectivity index (χ1v) is 9.27. The molecule has 0 unspecified atom stereocenters. The summed E-state index contributed by atoms with van der Waals surface area (Å²) in [6, 6.07) is 7.38. The molecule has 0 radical (unpaired) electrons. The van der Waals surface area contributed by atoms with Gasteiger partial charge in [0, 0.05) is 11.9 Å². The van der Waals surface area contributed by atoms with E-state index in [1.807, 2.05) is 31.2 Å². The maximum atomic E-state index is 11.1. The second-order valence-corrected chi connectivity index (χ2v) is 7.05. The lowest BCUT2D eigenvalue weighted by atomic mass is 10.1. The van der Waals surface area contributed by atoms with Crippen LogP contribution in [-0.4, -0.2) is 21.7 Å². The molecule has 142 valence electrons. The zero-order chi connectivity index (χ0) is 19.8. The molecule has 8 nitrogen and oxygen atoms in total. The van der Waals surface area contributed by atoms with E-state index in [1.165, 1.54) is 18.3 Å². The molecule has 1 amide bonds. The molecule has 0 spiro atoms. The summed E-state index contributed by atoms with van der Waals surface area (Å²) in [4.78, 5) is 16.2. The number of hydrazone groups is 1. The van der Waals surface area contributed by atoms with Crippen LogP contribution in [0.2, 0.25) is 5.02 Å². The van der Waals surface area contributed by atoms with Gasteiger partial charge in [-0.3, -0.25) is 26.5 Å². The van der Waals surface area contributed by atoms with Crippen molar-refractivity contribution in [3.05, 3.63) is 51.5 Å². The number of thiazole rings is 1. The molecule has 11 heteroatoms. The smallest absolute Gasteiger partial charge is 0.235 e. The van der Waals surface area contributed by atoms with E-state index in [0.717, 1.165) is 16.1 Å². The summed E-state index contributed by atoms with van der Waals surface area (Å²) >= 11 is 12.2. The third-order valence-electron chi connectivity index (χ3n) is 3.09. The Balaban J connectivity index is 2.30. The number of hydrogen-bond acceptors (Lipinski definition) is 7. The first-order valence-electron chi connectivity index (χ1n) is 7.67. The molecular weight excluding hydrogens is 406 g/mol. The Morgan fingerprint density at radius 3 is 2.70 bits per heavy atom. The van der Waals surface area contributed by atoms with Gasteiger partial charge in [-0.2, -0.15) is 5.10 Å². The van der Waals surface area contributed by atoms with Crippen molar-refractivity contribution in [1.29, 1.82) is 0 Å². The van der Waals surface area contributed by atoms with Gasteiger partial charge in [0.15, 0.2) is 0 Å². The van der Waals surface area contributed by atoms with Gasteiger partial charge in [-0.15, -0.1) is 0 Å². The number of nitrogens with zero attached hydrogens (tertiary/aromatic N) is 2. The van der Waals surface area contributed by atoms with Crippen molar-refractivity contribution in [3.63, 3.8) is 0 Å². The molecule has 0 aliphatic rings. The summed E-state index contributed by atoms with van der Waals surface area (Å²) in [7, 11) is 0. The average Bonchev–Trinajstić information content (AvgIpc) is 3.01. The van der Waals surface area contributed by atoms with Crippen molar-refractivity contribution in [3.8, 4) is 0 Å². The number of carbonyl (C=O) groups is 1. The SMILES string of the molecule is CC(=O)NNc1nc(C)c(/C(C=Cc2ccc(Cl)cc2)=N/NC(=S)NN)s1. The Hall–Kier alpha value is -2.53. The Morgan fingerprint density at radius 2 is 2.07 bits per heavy atom. The fourth-order valence-electron chi connectivity index (χ4n) is 1.89. The lowest BCUT2D eigenvalue weighted by molar-refractivity contribution is -0.118. The Labute approximate surface area is 170 Å². The van der Waals surface area contributed by atoms with Gasteiger partial charge < -0.3 is 0 Å². The van der Waals surface area contributed by atoms with Crippen molar-refractivity contribution < 1.29 is 4.79 Å². The molecule has 2 rings (SSSR count). The maximum Gasteiger partial charge on any atom is 0.235 e. The molecule has 27 heavy (non-hydrogen) atoms. The van der Waals surface area contributed by atoms with Crippen molar-refractivity contribution in [1.82, 2.24) is 21.3 Å². The molecule has 2 aromatic rings. The van der Waals surface area contributed by atoms with E-state index in [4.69, 9.17) is 29.7 Å². The van der Waals surface area contributed by atoms with Crippen LogP contribution < -0.4 is 27.5 Å². The van der Waals surface area contributed by atoms with Crippen molar-refractivity contribution >= 4 is 63.1 Å². The first kappa shape index (κ1) is 20.8. The second kappa shape index (κ2) is 9.97. The molecule has 0 fully saturated rings. The lowest BCUT2D eigenvalue weighted by Gasteiger charge is -2.04. The maximum absolute atomic E-state index is 11.1. The van der Waals surface area contributed by atoms with Crippen LogP contribution in [0.1, 0.15) is 23.1 Å². The monoisotopic (exact) mass is 423 g/mol. The molecule has 0 saturated heterocycles. The number of allylic oxidation sites excluding steroid dienone is 1. The van der Waals surface area contributed by atoms with E-state index in [2.05, 4.69) is 31.8 Å². The van der Waals surface area contributed by atoms with Crippen LogP contribution in [0.4, 0.5) is 5.13 Å². The summed E-state index contributed by atoms with van der Waals surface area (Å²) < 4.78 is 0. The third-order valence-corrected chi connectivity index (χ3v) is 4.64. The highest BCUT2D eigenvalue weighted by Crippen LogP contribution is 2.23. The minimum atomic E-state index is -0.220. The predicted octanol–water partition coefficient (Wildman–Crippen LogP) is 2.32. The normalized spacial score (nSPS) is 11.3. The van der Waals surface area contributed by atoms with E-state index in [9.17, 15) is 4.79 Å². The first-order chi connectivity index (χ1) is 12.9. The quantitative estimate of drug-likeness (QED) is 0.209. The molecule has 1 aromatic heterocycles. The standard InChI is InChI=1S/C16H18ClN7OS2/c1-9-14(27-16(19-9)24-21-10(2)25)13(22-23-15(26)20-18)8-5-11-3-6-12(17)7-4-11/h3-8H,18H2,1-2H3,(H,19,24)(H,21,25)(H2,20,23,26)/b8-5?,22-13+. The summed E-state index contributed by atoms with van der Waals surface area (Å²) in [5.74, 6) is 5.04. The Morgan fingerprint density at radius 1 is 1.37 bits per heavy atom. The van der Waals surface area contributed by atoms with Crippen molar-refractivity contribution in [2.24, 2.45) is 10.9 Å². The van der Waals surface area contributed by atoms with Gasteiger partial charge in [0.1, 0.15) is 5.71 Å². The van der Waals surface area contributed by atoms with Gasteiger partial charge in [-0.25, -0.2) is 10.8 Å². The number of hydrogen-bond donors (Lipinski definition) is 5. The number of benzene rings is 1. The molecule has 0 aliphatic carbocycles. The number of nitrogens with one attached hydrogen (secondary N) is 4. The zero-order valence-corrected chi connectivity index (χ0v) is 16.9. The summed E-state index contributed by atoms with van der Waals surface area (Å²) in [6.07, 6.45) is 3.70. The Kier molecular flexibility index (Phi) is 7.67. The molecular formula is C16H18ClN7OS2. The minimum absolute atomic E-state index is 0.172. The minimum Gasteiger partial charge on any atom is -0.300 e. The van der Waals surface area contributed by atoms with E-state index in [-0.39, 0.29) is 11.0 Å². The Bertz CT molecular complexity index is 877. The van der Waals surface area contributed by atoms with E-state index in [0.29, 0.717) is 15.9 Å². The number of amides is 1. The largest absolute Gasteiger partial charge is 0.300 e. The topological polar surface area (TPSA) is 116 Å². The molecule has 6 N–H and O–H groups in total. The number of anilines is 1. The van der Waals surface area contributed by atoms with Gasteiger partial charge in [-0.05, 0) is 42.9 Å². The highest BCUT2D eigenvalue weighted by Gasteiger charge is 2.12. The van der Waals surface area contributed by atoms with E-state index >= 15 is 0 Å². The fourth-order valence-corrected chi connectivity index (χ4v) is 2.95.